The van der Waals surface area contributed by atoms with Gasteiger partial charge in [0.2, 0.25) is 11.0 Å². The molecule has 0 spiro atoms. The second-order valence-corrected chi connectivity index (χ2v) is 3.29. The highest BCUT2D eigenvalue weighted by Crippen LogP contribution is 2.26. The summed E-state index contributed by atoms with van der Waals surface area (Å²) in [4.78, 5) is 21.5. The van der Waals surface area contributed by atoms with Crippen molar-refractivity contribution in [2.75, 3.05) is 5.75 Å². The summed E-state index contributed by atoms with van der Waals surface area (Å²) in [6, 6.07) is 0. The molecule has 5 heteroatoms. The molecule has 0 radical (unpaired) electrons. The normalized spacial score (nSPS) is 32.7. The molecule has 0 saturated carbocycles. The molecule has 1 atom stereocenters. The van der Waals surface area contributed by atoms with Gasteiger partial charge in [0, 0.05) is 5.75 Å². The molecular weight excluding hydrogens is 152 g/mol. The molecule has 1 amide bonds. The highest BCUT2D eigenvalue weighted by Gasteiger charge is 2.44. The minimum absolute atomic E-state index is 0.306. The number of thioether (sulfide) groups is 1. The van der Waals surface area contributed by atoms with Crippen molar-refractivity contribution in [2.45, 2.75) is 12.0 Å². The molecule has 0 aromatic carbocycles. The van der Waals surface area contributed by atoms with Gasteiger partial charge in [-0.05, 0) is 6.42 Å². The number of hydrogen-bond acceptors (Lipinski definition) is 4. The zero-order valence-corrected chi connectivity index (χ0v) is 6.11. The summed E-state index contributed by atoms with van der Waals surface area (Å²) in [5.41, 5.74) is 8.94. The lowest BCUT2D eigenvalue weighted by Crippen LogP contribution is -2.54. The largest absolute Gasteiger partial charge is 0.368 e. The van der Waals surface area contributed by atoms with Crippen molar-refractivity contribution in [1.82, 2.24) is 0 Å². The zero-order valence-electron chi connectivity index (χ0n) is 5.29. The summed E-state index contributed by atoms with van der Waals surface area (Å²) in [6.45, 7) is 0. The van der Waals surface area contributed by atoms with Crippen LogP contribution in [-0.4, -0.2) is 22.3 Å². The summed E-state index contributed by atoms with van der Waals surface area (Å²) in [7, 11) is 0. The fourth-order valence-electron chi connectivity index (χ4n) is 0.759. The predicted molar refractivity (Wildman–Crippen MR) is 38.2 cm³/mol. The van der Waals surface area contributed by atoms with Gasteiger partial charge in [-0.15, -0.1) is 0 Å². The summed E-state index contributed by atoms with van der Waals surface area (Å²) < 4.78 is 0. The molecule has 1 rings (SSSR count). The average Bonchev–Trinajstić information content (AvgIpc) is 2.15. The van der Waals surface area contributed by atoms with Crippen molar-refractivity contribution >= 4 is 22.8 Å². The fraction of sp³-hybridized carbons (Fsp3) is 0.600. The second kappa shape index (κ2) is 2.25. The molecule has 10 heavy (non-hydrogen) atoms. The van der Waals surface area contributed by atoms with Crippen LogP contribution < -0.4 is 11.5 Å². The highest BCUT2D eigenvalue weighted by atomic mass is 32.2. The third-order valence-corrected chi connectivity index (χ3v) is 2.57. The third kappa shape index (κ3) is 0.911. The van der Waals surface area contributed by atoms with Crippen molar-refractivity contribution < 1.29 is 9.59 Å². The van der Waals surface area contributed by atoms with E-state index < -0.39 is 11.4 Å². The Morgan fingerprint density at radius 1 is 1.70 bits per heavy atom. The number of rotatable bonds is 1. The number of amides is 1. The van der Waals surface area contributed by atoms with Crippen LogP contribution in [0.3, 0.4) is 0 Å². The Morgan fingerprint density at radius 3 is 2.50 bits per heavy atom. The molecule has 4 nitrogen and oxygen atoms in total. The van der Waals surface area contributed by atoms with Gasteiger partial charge in [0.15, 0.2) is 5.54 Å². The van der Waals surface area contributed by atoms with Crippen LogP contribution in [0.15, 0.2) is 0 Å². The number of carbonyl (C=O) groups excluding carboxylic acids is 2. The van der Waals surface area contributed by atoms with Crippen LogP contribution in [0.25, 0.3) is 0 Å². The molecule has 1 aliphatic heterocycles. The number of hydrogen-bond donors (Lipinski definition) is 2. The molecular formula is C5H8N2O2S. The highest BCUT2D eigenvalue weighted by molar-refractivity contribution is 8.14. The second-order valence-electron chi connectivity index (χ2n) is 2.22. The van der Waals surface area contributed by atoms with E-state index in [9.17, 15) is 9.59 Å². The first-order valence-corrected chi connectivity index (χ1v) is 3.82. The summed E-state index contributed by atoms with van der Waals surface area (Å²) in [6.07, 6.45) is 0.367. The molecule has 1 fully saturated rings. The van der Waals surface area contributed by atoms with Gasteiger partial charge >= 0.3 is 0 Å². The first-order chi connectivity index (χ1) is 4.57. The molecule has 56 valence electrons. The van der Waals surface area contributed by atoms with Crippen LogP contribution in [0, 0.1) is 0 Å². The molecule has 1 saturated heterocycles. The van der Waals surface area contributed by atoms with E-state index in [4.69, 9.17) is 11.5 Å². The van der Waals surface area contributed by atoms with E-state index in [-0.39, 0.29) is 5.12 Å². The maximum atomic E-state index is 10.9. The topological polar surface area (TPSA) is 86.2 Å². The molecule has 0 aromatic rings. The molecule has 1 aliphatic rings. The van der Waals surface area contributed by atoms with Crippen molar-refractivity contribution in [2.24, 2.45) is 11.5 Å². The molecule has 0 aliphatic carbocycles. The van der Waals surface area contributed by atoms with Gasteiger partial charge in [-0.2, -0.15) is 0 Å². The van der Waals surface area contributed by atoms with E-state index in [2.05, 4.69) is 0 Å². The minimum atomic E-state index is -1.38. The van der Waals surface area contributed by atoms with Crippen LogP contribution in [0.1, 0.15) is 6.42 Å². The van der Waals surface area contributed by atoms with E-state index in [0.29, 0.717) is 12.2 Å². The van der Waals surface area contributed by atoms with Crippen LogP contribution in [0.4, 0.5) is 0 Å². The first-order valence-electron chi connectivity index (χ1n) is 2.83. The van der Waals surface area contributed by atoms with E-state index >= 15 is 0 Å². The quantitative estimate of drug-likeness (QED) is 0.473. The monoisotopic (exact) mass is 160 g/mol. The van der Waals surface area contributed by atoms with Crippen molar-refractivity contribution in [1.29, 1.82) is 0 Å². The fourth-order valence-corrected chi connectivity index (χ4v) is 1.83. The standard InChI is InChI=1S/C5H8N2O2S/c6-3(8)5(7)1-2-10-4(5)9/h1-2,7H2,(H2,6,8)/t5-/m1/s1. The average molecular weight is 160 g/mol. The smallest absolute Gasteiger partial charge is 0.246 e. The lowest BCUT2D eigenvalue weighted by Gasteiger charge is -2.14. The van der Waals surface area contributed by atoms with E-state index in [1.807, 2.05) is 0 Å². The van der Waals surface area contributed by atoms with Gasteiger partial charge in [0.25, 0.3) is 0 Å². The minimum Gasteiger partial charge on any atom is -0.368 e. The Balaban J connectivity index is 2.86. The molecule has 0 aromatic heterocycles. The predicted octanol–water partition coefficient (Wildman–Crippen LogP) is -1.17. The summed E-state index contributed by atoms with van der Waals surface area (Å²) in [5, 5.41) is -0.306. The Labute approximate surface area is 62.3 Å². The van der Waals surface area contributed by atoms with Gasteiger partial charge in [0.05, 0.1) is 0 Å². The first kappa shape index (κ1) is 7.56. The molecule has 1 heterocycles. The lowest BCUT2D eigenvalue weighted by molar-refractivity contribution is -0.129. The summed E-state index contributed by atoms with van der Waals surface area (Å²) >= 11 is 1.07. The van der Waals surface area contributed by atoms with Gasteiger partial charge in [-0.25, -0.2) is 0 Å². The molecule has 4 N–H and O–H groups in total. The Kier molecular flexibility index (Phi) is 1.70. The van der Waals surface area contributed by atoms with E-state index in [1.54, 1.807) is 0 Å². The maximum absolute atomic E-state index is 10.9. The Bertz CT molecular complexity index is 194. The maximum Gasteiger partial charge on any atom is 0.246 e. The van der Waals surface area contributed by atoms with Crippen LogP contribution in [-0.2, 0) is 9.59 Å². The van der Waals surface area contributed by atoms with E-state index in [1.165, 1.54) is 0 Å². The third-order valence-electron chi connectivity index (χ3n) is 1.53. The Morgan fingerprint density at radius 2 is 2.30 bits per heavy atom. The van der Waals surface area contributed by atoms with Crippen molar-refractivity contribution in [3.05, 3.63) is 0 Å². The van der Waals surface area contributed by atoms with Crippen molar-refractivity contribution in [3.8, 4) is 0 Å². The van der Waals surface area contributed by atoms with Gasteiger partial charge < -0.3 is 11.5 Å². The van der Waals surface area contributed by atoms with Crippen LogP contribution in [0.2, 0.25) is 0 Å². The van der Waals surface area contributed by atoms with Gasteiger partial charge in [0.1, 0.15) is 0 Å². The molecule has 0 bridgehead atoms. The Hall–Kier alpha value is -0.550. The number of carbonyl (C=O) groups is 2. The SMILES string of the molecule is NC(=O)[C@]1(N)CCSC1=O. The molecule has 0 unspecified atom stereocenters. The number of primary amides is 1. The van der Waals surface area contributed by atoms with Gasteiger partial charge in [-0.1, -0.05) is 11.8 Å². The van der Waals surface area contributed by atoms with Crippen molar-refractivity contribution in [3.63, 3.8) is 0 Å². The lowest BCUT2D eigenvalue weighted by atomic mass is 9.99. The van der Waals surface area contributed by atoms with E-state index in [0.717, 1.165) is 11.8 Å². The number of nitrogens with two attached hydrogens (primary N) is 2. The van der Waals surface area contributed by atoms with Crippen LogP contribution >= 0.6 is 11.8 Å². The van der Waals surface area contributed by atoms with Crippen LogP contribution in [0.5, 0.6) is 0 Å². The summed E-state index contributed by atoms with van der Waals surface area (Å²) in [5.74, 6) is -0.124. The zero-order chi connectivity index (χ0) is 7.78. The van der Waals surface area contributed by atoms with Gasteiger partial charge in [-0.3, -0.25) is 9.59 Å².